The number of halogens is 1. The third-order valence-corrected chi connectivity index (χ3v) is 3.45. The number of nitro groups is 1. The molecule has 0 bridgehead atoms. The molecule has 2 unspecified atom stereocenters. The Morgan fingerprint density at radius 1 is 1.45 bits per heavy atom. The molecule has 1 aromatic carbocycles. The monoisotopic (exact) mass is 284 g/mol. The Hall–Kier alpha value is -1.69. The van der Waals surface area contributed by atoms with Crippen molar-refractivity contribution in [2.45, 2.75) is 39.2 Å². The van der Waals surface area contributed by atoms with Gasteiger partial charge in [0.25, 0.3) is 5.69 Å². The van der Waals surface area contributed by atoms with Crippen molar-refractivity contribution < 1.29 is 14.1 Å². The van der Waals surface area contributed by atoms with Crippen LogP contribution in [0.4, 0.5) is 10.1 Å². The third-order valence-electron chi connectivity index (χ3n) is 3.45. The van der Waals surface area contributed by atoms with Gasteiger partial charge in [0.05, 0.1) is 18.1 Å². The molecule has 1 N–H and O–H groups in total. The minimum absolute atomic E-state index is 0.0279. The lowest BCUT2D eigenvalue weighted by atomic mass is 9.92. The van der Waals surface area contributed by atoms with E-state index in [1.165, 1.54) is 13.2 Å². The maximum atomic E-state index is 13.6. The minimum Gasteiger partial charge on any atom is -0.494 e. The Morgan fingerprint density at radius 2 is 2.10 bits per heavy atom. The van der Waals surface area contributed by atoms with Crippen molar-refractivity contribution in [2.24, 2.45) is 0 Å². The van der Waals surface area contributed by atoms with Gasteiger partial charge in [0.15, 0.2) is 11.6 Å². The smallest absolute Gasteiger partial charge is 0.276 e. The molecule has 112 valence electrons. The predicted octanol–water partition coefficient (Wildman–Crippen LogP) is 3.23. The molecule has 0 fully saturated rings. The first-order valence-corrected chi connectivity index (χ1v) is 6.67. The number of ether oxygens (including phenoxy) is 1. The lowest BCUT2D eigenvalue weighted by molar-refractivity contribution is -0.386. The molecule has 0 aromatic heterocycles. The van der Waals surface area contributed by atoms with E-state index < -0.39 is 10.7 Å². The average Bonchev–Trinajstić information content (AvgIpc) is 2.43. The van der Waals surface area contributed by atoms with Gasteiger partial charge in [-0.15, -0.1) is 0 Å². The van der Waals surface area contributed by atoms with Crippen LogP contribution in [-0.4, -0.2) is 24.6 Å². The van der Waals surface area contributed by atoms with Gasteiger partial charge in [-0.2, -0.15) is 0 Å². The van der Waals surface area contributed by atoms with E-state index >= 15 is 0 Å². The summed E-state index contributed by atoms with van der Waals surface area (Å²) in [7, 11) is 1.34. The highest BCUT2D eigenvalue weighted by molar-refractivity contribution is 5.48. The lowest BCUT2D eigenvalue weighted by Crippen LogP contribution is -2.31. The van der Waals surface area contributed by atoms with Crippen LogP contribution in [0.2, 0.25) is 0 Å². The number of nitrogens with one attached hydrogen (secondary N) is 1. The molecule has 1 rings (SSSR count). The number of nitro benzene ring substituents is 1. The van der Waals surface area contributed by atoms with Gasteiger partial charge >= 0.3 is 0 Å². The Kier molecular flexibility index (Phi) is 5.88. The normalized spacial score (nSPS) is 13.8. The van der Waals surface area contributed by atoms with Crippen molar-refractivity contribution in [3.8, 4) is 5.75 Å². The Morgan fingerprint density at radius 3 is 2.60 bits per heavy atom. The van der Waals surface area contributed by atoms with Gasteiger partial charge in [0, 0.05) is 17.5 Å². The van der Waals surface area contributed by atoms with E-state index in [1.807, 2.05) is 20.8 Å². The Bertz CT molecular complexity index is 480. The number of nitrogens with zero attached hydrogens (tertiary/aromatic N) is 1. The van der Waals surface area contributed by atoms with E-state index in [4.69, 9.17) is 4.74 Å². The van der Waals surface area contributed by atoms with Crippen LogP contribution in [0, 0.1) is 15.9 Å². The molecular weight excluding hydrogens is 263 g/mol. The standard InChI is InChI=1S/C14H21FN2O3/c1-5-6-16-10(3)9(2)11-7-14(20-4)12(15)8-13(11)17(18)19/h7-10,16H,5-6H2,1-4H3. The van der Waals surface area contributed by atoms with Gasteiger partial charge in [-0.3, -0.25) is 10.1 Å². The Balaban J connectivity index is 3.16. The van der Waals surface area contributed by atoms with E-state index in [0.29, 0.717) is 5.56 Å². The second-order valence-electron chi connectivity index (χ2n) is 4.83. The molecule has 1 aromatic rings. The zero-order chi connectivity index (χ0) is 15.3. The summed E-state index contributed by atoms with van der Waals surface area (Å²) in [4.78, 5) is 10.5. The molecule has 0 saturated heterocycles. The van der Waals surface area contributed by atoms with Crippen molar-refractivity contribution in [2.75, 3.05) is 13.7 Å². The van der Waals surface area contributed by atoms with E-state index in [2.05, 4.69) is 5.32 Å². The molecule has 6 heteroatoms. The molecule has 0 radical (unpaired) electrons. The van der Waals surface area contributed by atoms with Gasteiger partial charge in [-0.05, 0) is 26.0 Å². The van der Waals surface area contributed by atoms with Crippen molar-refractivity contribution in [3.63, 3.8) is 0 Å². The Labute approximate surface area is 118 Å². The van der Waals surface area contributed by atoms with Crippen LogP contribution in [0.3, 0.4) is 0 Å². The van der Waals surface area contributed by atoms with Crippen molar-refractivity contribution in [3.05, 3.63) is 33.6 Å². The topological polar surface area (TPSA) is 64.4 Å². The summed E-state index contributed by atoms with van der Waals surface area (Å²) >= 11 is 0. The quantitative estimate of drug-likeness (QED) is 0.616. The van der Waals surface area contributed by atoms with Crippen LogP contribution in [-0.2, 0) is 0 Å². The molecule has 0 amide bonds. The maximum absolute atomic E-state index is 13.6. The summed E-state index contributed by atoms with van der Waals surface area (Å²) in [6.07, 6.45) is 0.978. The van der Waals surface area contributed by atoms with Crippen molar-refractivity contribution in [1.82, 2.24) is 5.32 Å². The maximum Gasteiger partial charge on any atom is 0.276 e. The SMILES string of the molecule is CCCNC(C)C(C)c1cc(OC)c(F)cc1[N+](=O)[O-]. The molecule has 5 nitrogen and oxygen atoms in total. The van der Waals surface area contributed by atoms with Gasteiger partial charge in [-0.25, -0.2) is 4.39 Å². The van der Waals surface area contributed by atoms with Crippen LogP contribution < -0.4 is 10.1 Å². The highest BCUT2D eigenvalue weighted by atomic mass is 19.1. The number of methoxy groups -OCH3 is 1. The largest absolute Gasteiger partial charge is 0.494 e. The third kappa shape index (κ3) is 3.66. The van der Waals surface area contributed by atoms with Crippen molar-refractivity contribution in [1.29, 1.82) is 0 Å². The zero-order valence-electron chi connectivity index (χ0n) is 12.3. The molecule has 0 aliphatic carbocycles. The zero-order valence-corrected chi connectivity index (χ0v) is 12.3. The molecule has 2 atom stereocenters. The van der Waals surface area contributed by atoms with Gasteiger partial charge in [0.1, 0.15) is 0 Å². The molecule has 0 spiro atoms. The first-order valence-electron chi connectivity index (χ1n) is 6.67. The highest BCUT2D eigenvalue weighted by Crippen LogP contribution is 2.34. The van der Waals surface area contributed by atoms with Crippen LogP contribution in [0.15, 0.2) is 12.1 Å². The molecule has 20 heavy (non-hydrogen) atoms. The van der Waals surface area contributed by atoms with Crippen molar-refractivity contribution >= 4 is 5.69 Å². The first-order chi connectivity index (χ1) is 9.42. The second-order valence-corrected chi connectivity index (χ2v) is 4.83. The second kappa shape index (κ2) is 7.19. The molecule has 0 aliphatic heterocycles. The molecule has 0 aliphatic rings. The molecule has 0 heterocycles. The van der Waals surface area contributed by atoms with Gasteiger partial charge < -0.3 is 10.1 Å². The summed E-state index contributed by atoms with van der Waals surface area (Å²) in [5.74, 6) is -0.819. The summed E-state index contributed by atoms with van der Waals surface area (Å²) in [6.45, 7) is 6.72. The van der Waals surface area contributed by atoms with Crippen LogP contribution >= 0.6 is 0 Å². The number of rotatable bonds is 7. The van der Waals surface area contributed by atoms with Crippen LogP contribution in [0.5, 0.6) is 5.75 Å². The van der Waals surface area contributed by atoms with Crippen LogP contribution in [0.25, 0.3) is 0 Å². The van der Waals surface area contributed by atoms with Gasteiger partial charge in [-0.1, -0.05) is 13.8 Å². The minimum atomic E-state index is -0.718. The van der Waals surface area contributed by atoms with Gasteiger partial charge in [0.2, 0.25) is 0 Å². The number of benzene rings is 1. The van der Waals surface area contributed by atoms with E-state index in [9.17, 15) is 14.5 Å². The predicted molar refractivity (Wildman–Crippen MR) is 75.8 cm³/mol. The number of hydrogen-bond donors (Lipinski definition) is 1. The summed E-state index contributed by atoms with van der Waals surface area (Å²) in [6, 6.07) is 2.39. The fraction of sp³-hybridized carbons (Fsp3) is 0.571. The summed E-state index contributed by atoms with van der Waals surface area (Å²) in [5, 5.41) is 14.4. The highest BCUT2D eigenvalue weighted by Gasteiger charge is 2.25. The lowest BCUT2D eigenvalue weighted by Gasteiger charge is -2.22. The molecule has 0 saturated carbocycles. The summed E-state index contributed by atoms with van der Waals surface area (Å²) in [5.41, 5.74) is 0.269. The average molecular weight is 284 g/mol. The first kappa shape index (κ1) is 16.4. The van der Waals surface area contributed by atoms with E-state index in [0.717, 1.165) is 19.0 Å². The summed E-state index contributed by atoms with van der Waals surface area (Å²) < 4.78 is 18.5. The molecular formula is C14H21FN2O3. The fourth-order valence-electron chi connectivity index (χ4n) is 2.06. The fourth-order valence-corrected chi connectivity index (χ4v) is 2.06. The number of hydrogen-bond acceptors (Lipinski definition) is 4. The van der Waals surface area contributed by atoms with Crippen LogP contribution in [0.1, 0.15) is 38.7 Å². The van der Waals surface area contributed by atoms with E-state index in [1.54, 1.807) is 0 Å². The van der Waals surface area contributed by atoms with E-state index in [-0.39, 0.29) is 23.4 Å².